The molecule has 1 aliphatic rings. The molecule has 1 saturated carbocycles. The first kappa shape index (κ1) is 13.7. The average Bonchev–Trinajstić information content (AvgIpc) is 3.12. The number of hydrogen-bond donors (Lipinski definition) is 0. The van der Waals surface area contributed by atoms with E-state index in [0.717, 1.165) is 16.8 Å². The molecule has 2 rings (SSSR count). The molecule has 0 bridgehead atoms. The highest BCUT2D eigenvalue weighted by atomic mass is 79.9. The number of halogens is 1. The predicted molar refractivity (Wildman–Crippen MR) is 72.9 cm³/mol. The van der Waals surface area contributed by atoms with Crippen molar-refractivity contribution in [2.24, 2.45) is 0 Å². The standard InChI is InChI=1S/C13H19BrN2O2/c1-13(2,17-3)6-7-18-11-8-10(14)15-12(16-11)9-4-5-9/h8-9H,4-7H2,1-3H3. The van der Waals surface area contributed by atoms with Crippen LogP contribution in [0.2, 0.25) is 0 Å². The molecule has 0 aliphatic heterocycles. The van der Waals surface area contributed by atoms with Crippen LogP contribution in [0.3, 0.4) is 0 Å². The van der Waals surface area contributed by atoms with Crippen molar-refractivity contribution in [3.05, 3.63) is 16.5 Å². The minimum Gasteiger partial charge on any atom is -0.477 e. The van der Waals surface area contributed by atoms with E-state index in [2.05, 4.69) is 25.9 Å². The number of nitrogens with zero attached hydrogens (tertiary/aromatic N) is 2. The number of aromatic nitrogens is 2. The maximum Gasteiger partial charge on any atom is 0.217 e. The van der Waals surface area contributed by atoms with Gasteiger partial charge in [0.15, 0.2) is 0 Å². The Bertz CT molecular complexity index is 419. The second-order valence-electron chi connectivity index (χ2n) is 5.22. The van der Waals surface area contributed by atoms with Gasteiger partial charge in [-0.2, -0.15) is 4.98 Å². The number of methoxy groups -OCH3 is 1. The molecule has 0 atom stereocenters. The van der Waals surface area contributed by atoms with Crippen LogP contribution in [0.25, 0.3) is 0 Å². The van der Waals surface area contributed by atoms with Crippen LogP contribution in [0.5, 0.6) is 5.88 Å². The van der Waals surface area contributed by atoms with Crippen molar-refractivity contribution < 1.29 is 9.47 Å². The molecule has 100 valence electrons. The molecule has 1 aromatic rings. The molecule has 4 nitrogen and oxygen atoms in total. The van der Waals surface area contributed by atoms with Crippen molar-refractivity contribution in [3.63, 3.8) is 0 Å². The summed E-state index contributed by atoms with van der Waals surface area (Å²) in [5.74, 6) is 2.07. The van der Waals surface area contributed by atoms with Crippen LogP contribution in [-0.2, 0) is 4.74 Å². The summed E-state index contributed by atoms with van der Waals surface area (Å²) in [4.78, 5) is 8.81. The van der Waals surface area contributed by atoms with E-state index >= 15 is 0 Å². The van der Waals surface area contributed by atoms with Crippen molar-refractivity contribution in [2.45, 2.75) is 44.6 Å². The fraction of sp³-hybridized carbons (Fsp3) is 0.692. The maximum atomic E-state index is 5.68. The third-order valence-corrected chi connectivity index (χ3v) is 3.54. The summed E-state index contributed by atoms with van der Waals surface area (Å²) in [6.07, 6.45) is 3.20. The predicted octanol–water partition coefficient (Wildman–Crippen LogP) is 3.31. The van der Waals surface area contributed by atoms with Gasteiger partial charge in [-0.05, 0) is 42.6 Å². The van der Waals surface area contributed by atoms with Gasteiger partial charge in [-0.1, -0.05) is 0 Å². The van der Waals surface area contributed by atoms with Gasteiger partial charge in [-0.25, -0.2) is 4.98 Å². The summed E-state index contributed by atoms with van der Waals surface area (Å²) < 4.78 is 11.8. The van der Waals surface area contributed by atoms with Crippen molar-refractivity contribution in [1.82, 2.24) is 9.97 Å². The van der Waals surface area contributed by atoms with Gasteiger partial charge >= 0.3 is 0 Å². The molecule has 0 N–H and O–H groups in total. The van der Waals surface area contributed by atoms with Gasteiger partial charge in [-0.3, -0.25) is 0 Å². The second kappa shape index (κ2) is 5.53. The zero-order chi connectivity index (χ0) is 13.2. The summed E-state index contributed by atoms with van der Waals surface area (Å²) in [6.45, 7) is 4.68. The van der Waals surface area contributed by atoms with Crippen LogP contribution in [-0.4, -0.2) is 29.3 Å². The largest absolute Gasteiger partial charge is 0.477 e. The maximum absolute atomic E-state index is 5.68. The van der Waals surface area contributed by atoms with E-state index in [-0.39, 0.29) is 5.60 Å². The Kier molecular flexibility index (Phi) is 4.22. The Morgan fingerprint density at radius 1 is 1.39 bits per heavy atom. The first-order chi connectivity index (χ1) is 8.50. The van der Waals surface area contributed by atoms with Gasteiger partial charge in [-0.15, -0.1) is 0 Å². The molecule has 0 spiro atoms. The van der Waals surface area contributed by atoms with E-state index < -0.39 is 0 Å². The van der Waals surface area contributed by atoms with Crippen LogP contribution in [0.15, 0.2) is 10.7 Å². The van der Waals surface area contributed by atoms with Crippen molar-refractivity contribution in [2.75, 3.05) is 13.7 Å². The first-order valence-corrected chi connectivity index (χ1v) is 7.02. The van der Waals surface area contributed by atoms with Crippen LogP contribution >= 0.6 is 15.9 Å². The van der Waals surface area contributed by atoms with Crippen molar-refractivity contribution >= 4 is 15.9 Å². The Hall–Kier alpha value is -0.680. The Labute approximate surface area is 116 Å². The molecule has 1 aromatic heterocycles. The number of hydrogen-bond acceptors (Lipinski definition) is 4. The minimum atomic E-state index is -0.163. The van der Waals surface area contributed by atoms with E-state index in [0.29, 0.717) is 18.4 Å². The van der Waals surface area contributed by atoms with Gasteiger partial charge < -0.3 is 9.47 Å². The zero-order valence-electron chi connectivity index (χ0n) is 11.1. The van der Waals surface area contributed by atoms with Crippen LogP contribution in [0.4, 0.5) is 0 Å². The van der Waals surface area contributed by atoms with E-state index in [4.69, 9.17) is 9.47 Å². The van der Waals surface area contributed by atoms with Crippen LogP contribution in [0.1, 0.15) is 44.9 Å². The Balaban J connectivity index is 1.92. The SMILES string of the molecule is COC(C)(C)CCOc1cc(Br)nc(C2CC2)n1. The fourth-order valence-corrected chi connectivity index (χ4v) is 1.89. The van der Waals surface area contributed by atoms with Crippen molar-refractivity contribution in [3.8, 4) is 5.88 Å². The normalized spacial score (nSPS) is 15.8. The lowest BCUT2D eigenvalue weighted by molar-refractivity contribution is 0.00505. The number of ether oxygens (including phenoxy) is 2. The summed E-state index contributed by atoms with van der Waals surface area (Å²) in [7, 11) is 1.71. The molecule has 5 heteroatoms. The topological polar surface area (TPSA) is 44.2 Å². The summed E-state index contributed by atoms with van der Waals surface area (Å²) in [5.41, 5.74) is -0.163. The molecule has 0 unspecified atom stereocenters. The average molecular weight is 315 g/mol. The van der Waals surface area contributed by atoms with E-state index in [1.807, 2.05) is 19.9 Å². The first-order valence-electron chi connectivity index (χ1n) is 6.22. The smallest absolute Gasteiger partial charge is 0.217 e. The molecule has 1 heterocycles. The molecule has 0 radical (unpaired) electrons. The van der Waals surface area contributed by atoms with Gasteiger partial charge in [0.25, 0.3) is 0 Å². The summed E-state index contributed by atoms with van der Waals surface area (Å²) in [6, 6.07) is 1.81. The molecule has 0 saturated heterocycles. The molecule has 1 aliphatic carbocycles. The van der Waals surface area contributed by atoms with Gasteiger partial charge in [0, 0.05) is 25.5 Å². The zero-order valence-corrected chi connectivity index (χ0v) is 12.7. The highest BCUT2D eigenvalue weighted by Crippen LogP contribution is 2.39. The quantitative estimate of drug-likeness (QED) is 0.756. The molecule has 18 heavy (non-hydrogen) atoms. The second-order valence-corrected chi connectivity index (χ2v) is 6.04. The van der Waals surface area contributed by atoms with Gasteiger partial charge in [0.05, 0.1) is 12.2 Å². The third-order valence-electron chi connectivity index (χ3n) is 3.14. The van der Waals surface area contributed by atoms with Crippen LogP contribution < -0.4 is 4.74 Å². The highest BCUT2D eigenvalue weighted by Gasteiger charge is 2.27. The molecule has 0 aromatic carbocycles. The molecule has 0 amide bonds. The van der Waals surface area contributed by atoms with Gasteiger partial charge in [0.1, 0.15) is 10.4 Å². The lowest BCUT2D eigenvalue weighted by Gasteiger charge is -2.22. The monoisotopic (exact) mass is 314 g/mol. The van der Waals surface area contributed by atoms with E-state index in [1.165, 1.54) is 12.8 Å². The Morgan fingerprint density at radius 3 is 2.72 bits per heavy atom. The lowest BCUT2D eigenvalue weighted by Crippen LogP contribution is -2.25. The number of rotatable bonds is 6. The summed E-state index contributed by atoms with van der Waals surface area (Å²) >= 11 is 3.40. The fourth-order valence-electron chi connectivity index (χ4n) is 1.52. The van der Waals surface area contributed by atoms with Crippen molar-refractivity contribution in [1.29, 1.82) is 0 Å². The van der Waals surface area contributed by atoms with Crippen LogP contribution in [0, 0.1) is 0 Å². The summed E-state index contributed by atoms with van der Waals surface area (Å²) in [5, 5.41) is 0. The highest BCUT2D eigenvalue weighted by molar-refractivity contribution is 9.10. The minimum absolute atomic E-state index is 0.163. The van der Waals surface area contributed by atoms with Gasteiger partial charge in [0.2, 0.25) is 5.88 Å². The lowest BCUT2D eigenvalue weighted by atomic mass is 10.1. The molecular formula is C13H19BrN2O2. The molecular weight excluding hydrogens is 296 g/mol. The Morgan fingerprint density at radius 2 is 2.11 bits per heavy atom. The molecule has 1 fully saturated rings. The van der Waals surface area contributed by atoms with E-state index in [9.17, 15) is 0 Å². The third kappa shape index (κ3) is 3.92. The van der Waals surface area contributed by atoms with E-state index in [1.54, 1.807) is 7.11 Å².